The highest BCUT2D eigenvalue weighted by Gasteiger charge is 2.27. The Morgan fingerprint density at radius 2 is 1.50 bits per heavy atom. The van der Waals surface area contributed by atoms with Gasteiger partial charge in [-0.1, -0.05) is 30.2 Å². The van der Waals surface area contributed by atoms with Gasteiger partial charge in [0.05, 0.1) is 12.5 Å². The van der Waals surface area contributed by atoms with Crippen LogP contribution in [-0.2, 0) is 10.2 Å². The van der Waals surface area contributed by atoms with Crippen LogP contribution in [-0.4, -0.2) is 13.1 Å². The molecule has 3 nitrogen and oxygen atoms in total. The molecule has 2 aromatic rings. The molecule has 2 rings (SSSR count). The topological polar surface area (TPSA) is 35.5 Å². The highest BCUT2D eigenvalue weighted by molar-refractivity contribution is 5.69. The number of rotatable bonds is 4. The smallest absolute Gasteiger partial charge is 0.308 e. The zero-order valence-corrected chi connectivity index (χ0v) is 13.9. The molecular formula is C21H18O3. The Balaban J connectivity index is 2.47. The first-order valence-electron chi connectivity index (χ1n) is 7.41. The Hall–Kier alpha value is -3.17. The maximum absolute atomic E-state index is 11.0. The fraction of sp³-hybridized carbons (Fsp3) is 0.190. The van der Waals surface area contributed by atoms with Crippen molar-refractivity contribution in [3.05, 3.63) is 59.7 Å². The van der Waals surface area contributed by atoms with Crippen LogP contribution >= 0.6 is 0 Å². The van der Waals surface area contributed by atoms with Crippen LogP contribution in [0.1, 0.15) is 25.0 Å². The van der Waals surface area contributed by atoms with Gasteiger partial charge in [0.25, 0.3) is 0 Å². The number of esters is 1. The van der Waals surface area contributed by atoms with E-state index in [0.29, 0.717) is 5.75 Å². The molecule has 24 heavy (non-hydrogen) atoms. The lowest BCUT2D eigenvalue weighted by atomic mass is 9.77. The van der Waals surface area contributed by atoms with E-state index in [-0.39, 0.29) is 5.97 Å². The number of carbonyl (C=O) groups is 1. The predicted molar refractivity (Wildman–Crippen MR) is 93.8 cm³/mol. The van der Waals surface area contributed by atoms with Gasteiger partial charge in [-0.15, -0.1) is 6.42 Å². The number of terminal acetylenes is 1. The summed E-state index contributed by atoms with van der Waals surface area (Å²) in [5.41, 5.74) is 1.35. The summed E-state index contributed by atoms with van der Waals surface area (Å²) in [6.45, 7) is 3.37. The largest absolute Gasteiger partial charge is 0.497 e. The van der Waals surface area contributed by atoms with E-state index < -0.39 is 5.41 Å². The van der Waals surface area contributed by atoms with E-state index in [2.05, 4.69) is 17.8 Å². The summed E-state index contributed by atoms with van der Waals surface area (Å²) in [5, 5.41) is 0. The molecule has 1 unspecified atom stereocenters. The second-order valence-corrected chi connectivity index (χ2v) is 5.37. The average Bonchev–Trinajstić information content (AvgIpc) is 2.60. The zero-order chi connectivity index (χ0) is 17.6. The van der Waals surface area contributed by atoms with Crippen molar-refractivity contribution in [1.29, 1.82) is 0 Å². The normalized spacial score (nSPS) is 12.1. The van der Waals surface area contributed by atoms with Crippen LogP contribution in [0.4, 0.5) is 0 Å². The SMILES string of the molecule is C#CC#CC(C)(c1ccc(OC)cc1)c1ccc(OC(C)=O)cc1. The Morgan fingerprint density at radius 1 is 1.00 bits per heavy atom. The van der Waals surface area contributed by atoms with Crippen molar-refractivity contribution in [2.45, 2.75) is 19.3 Å². The second kappa shape index (κ2) is 7.40. The van der Waals surface area contributed by atoms with Crippen molar-refractivity contribution in [2.75, 3.05) is 7.11 Å². The third kappa shape index (κ3) is 3.77. The van der Waals surface area contributed by atoms with Crippen LogP contribution in [0.25, 0.3) is 0 Å². The molecule has 0 heterocycles. The molecule has 0 radical (unpaired) electrons. The molecule has 0 fully saturated rings. The lowest BCUT2D eigenvalue weighted by molar-refractivity contribution is -0.131. The average molecular weight is 318 g/mol. The van der Waals surface area contributed by atoms with Gasteiger partial charge in [-0.3, -0.25) is 4.79 Å². The van der Waals surface area contributed by atoms with Crippen LogP contribution in [0.3, 0.4) is 0 Å². The van der Waals surface area contributed by atoms with E-state index >= 15 is 0 Å². The molecule has 0 aliphatic heterocycles. The maximum atomic E-state index is 11.0. The molecule has 3 heteroatoms. The van der Waals surface area contributed by atoms with Gasteiger partial charge >= 0.3 is 5.97 Å². The Labute approximate surface area is 142 Å². The van der Waals surface area contributed by atoms with Gasteiger partial charge in [0.2, 0.25) is 0 Å². The van der Waals surface area contributed by atoms with Crippen molar-refractivity contribution in [1.82, 2.24) is 0 Å². The summed E-state index contributed by atoms with van der Waals surface area (Å²) >= 11 is 0. The third-order valence-electron chi connectivity index (χ3n) is 3.75. The lowest BCUT2D eigenvalue weighted by Gasteiger charge is -2.25. The molecule has 0 aliphatic rings. The molecule has 0 spiro atoms. The monoisotopic (exact) mass is 318 g/mol. The molecule has 1 atom stereocenters. The number of benzene rings is 2. The van der Waals surface area contributed by atoms with Crippen LogP contribution in [0, 0.1) is 24.2 Å². The van der Waals surface area contributed by atoms with Gasteiger partial charge in [0, 0.05) is 6.92 Å². The van der Waals surface area contributed by atoms with Crippen molar-refractivity contribution < 1.29 is 14.3 Å². The molecule has 0 aromatic heterocycles. The quantitative estimate of drug-likeness (QED) is 0.491. The van der Waals surface area contributed by atoms with E-state index in [0.717, 1.165) is 16.9 Å². The number of methoxy groups -OCH3 is 1. The fourth-order valence-corrected chi connectivity index (χ4v) is 2.42. The second-order valence-electron chi connectivity index (χ2n) is 5.37. The first-order valence-corrected chi connectivity index (χ1v) is 7.41. The minimum Gasteiger partial charge on any atom is -0.497 e. The number of carbonyl (C=O) groups excluding carboxylic acids is 1. The van der Waals surface area contributed by atoms with E-state index in [4.69, 9.17) is 15.9 Å². The third-order valence-corrected chi connectivity index (χ3v) is 3.75. The minimum absolute atomic E-state index is 0.354. The van der Waals surface area contributed by atoms with Crippen molar-refractivity contribution in [3.63, 3.8) is 0 Å². The van der Waals surface area contributed by atoms with Crippen molar-refractivity contribution >= 4 is 5.97 Å². The first-order chi connectivity index (χ1) is 11.5. The number of hydrogen-bond acceptors (Lipinski definition) is 3. The van der Waals surface area contributed by atoms with E-state index in [9.17, 15) is 4.79 Å². The van der Waals surface area contributed by atoms with Gasteiger partial charge < -0.3 is 9.47 Å². The highest BCUT2D eigenvalue weighted by atomic mass is 16.5. The summed E-state index contributed by atoms with van der Waals surface area (Å²) in [7, 11) is 1.63. The number of hydrogen-bond donors (Lipinski definition) is 0. The molecule has 120 valence electrons. The highest BCUT2D eigenvalue weighted by Crippen LogP contribution is 2.33. The molecule has 0 amide bonds. The lowest BCUT2D eigenvalue weighted by Crippen LogP contribution is -2.21. The van der Waals surface area contributed by atoms with E-state index in [1.54, 1.807) is 19.2 Å². The van der Waals surface area contributed by atoms with Gasteiger partial charge in [0.1, 0.15) is 11.5 Å². The Morgan fingerprint density at radius 3 is 1.92 bits per heavy atom. The van der Waals surface area contributed by atoms with Crippen molar-refractivity contribution in [2.24, 2.45) is 0 Å². The van der Waals surface area contributed by atoms with Crippen LogP contribution in [0.2, 0.25) is 0 Å². The molecule has 2 aromatic carbocycles. The summed E-state index contributed by atoms with van der Waals surface area (Å²) in [5.74, 6) is 9.15. The summed E-state index contributed by atoms with van der Waals surface area (Å²) in [4.78, 5) is 11.0. The summed E-state index contributed by atoms with van der Waals surface area (Å²) in [6, 6.07) is 15.0. The molecule has 0 saturated heterocycles. The molecular weight excluding hydrogens is 300 g/mol. The molecule has 0 saturated carbocycles. The summed E-state index contributed by atoms with van der Waals surface area (Å²) in [6.07, 6.45) is 5.32. The van der Waals surface area contributed by atoms with Crippen LogP contribution < -0.4 is 9.47 Å². The molecule has 0 aliphatic carbocycles. The fourth-order valence-electron chi connectivity index (χ4n) is 2.42. The van der Waals surface area contributed by atoms with E-state index in [1.807, 2.05) is 43.3 Å². The Bertz CT molecular complexity index is 815. The number of ether oxygens (including phenoxy) is 2. The van der Waals surface area contributed by atoms with Gasteiger partial charge in [-0.2, -0.15) is 0 Å². The van der Waals surface area contributed by atoms with Crippen molar-refractivity contribution in [3.8, 4) is 35.7 Å². The van der Waals surface area contributed by atoms with Crippen LogP contribution in [0.15, 0.2) is 48.5 Å². The molecule has 0 bridgehead atoms. The van der Waals surface area contributed by atoms with Gasteiger partial charge in [0.15, 0.2) is 0 Å². The van der Waals surface area contributed by atoms with Gasteiger partial charge in [-0.25, -0.2) is 0 Å². The minimum atomic E-state index is -0.590. The molecule has 0 N–H and O–H groups in total. The van der Waals surface area contributed by atoms with Gasteiger partial charge in [-0.05, 0) is 54.2 Å². The Kier molecular flexibility index (Phi) is 5.30. The standard InChI is InChI=1S/C21H18O3/c1-5-6-15-21(3,17-7-11-19(23-4)12-8-17)18-9-13-20(14-10-18)24-16(2)22/h1,7-14H,2-4H3. The summed E-state index contributed by atoms with van der Waals surface area (Å²) < 4.78 is 10.3. The zero-order valence-electron chi connectivity index (χ0n) is 13.9. The van der Waals surface area contributed by atoms with Crippen LogP contribution in [0.5, 0.6) is 11.5 Å². The maximum Gasteiger partial charge on any atom is 0.308 e. The van der Waals surface area contributed by atoms with E-state index in [1.165, 1.54) is 6.92 Å². The first kappa shape index (κ1) is 17.2. The predicted octanol–water partition coefficient (Wildman–Crippen LogP) is 3.56.